The lowest BCUT2D eigenvalue weighted by atomic mass is 9.95. The van der Waals surface area contributed by atoms with Crippen molar-refractivity contribution in [1.82, 2.24) is 9.97 Å². The minimum atomic E-state index is 0.823. The second kappa shape index (κ2) is 5.64. The van der Waals surface area contributed by atoms with Crippen molar-refractivity contribution in [3.8, 4) is 11.1 Å². The van der Waals surface area contributed by atoms with E-state index in [2.05, 4.69) is 76.6 Å². The molecule has 5 aromatic rings. The summed E-state index contributed by atoms with van der Waals surface area (Å²) >= 11 is 3.49. The molecule has 0 aliphatic rings. The second-order valence-electron chi connectivity index (χ2n) is 6.04. The van der Waals surface area contributed by atoms with Gasteiger partial charge in [-0.25, -0.2) is 9.97 Å². The quantitative estimate of drug-likeness (QED) is 0.190. The van der Waals surface area contributed by atoms with Crippen molar-refractivity contribution in [3.05, 3.63) is 83.5 Å². The zero-order chi connectivity index (χ0) is 16.8. The van der Waals surface area contributed by atoms with Crippen LogP contribution in [0.5, 0.6) is 0 Å². The monoisotopic (exact) mass is 384 g/mol. The molecule has 0 aliphatic heterocycles. The molecule has 25 heavy (non-hydrogen) atoms. The van der Waals surface area contributed by atoms with E-state index >= 15 is 0 Å². The number of benzene rings is 3. The number of hydrogen-bond donors (Lipinski definition) is 0. The number of para-hydroxylation sites is 1. The van der Waals surface area contributed by atoms with E-state index in [0.717, 1.165) is 37.3 Å². The molecule has 2 nitrogen and oxygen atoms in total. The summed E-state index contributed by atoms with van der Waals surface area (Å²) in [6.07, 6.45) is 0. The summed E-state index contributed by atoms with van der Waals surface area (Å²) in [5.41, 5.74) is 5.26. The number of rotatable bonds is 1. The third kappa shape index (κ3) is 2.31. The van der Waals surface area contributed by atoms with Gasteiger partial charge >= 0.3 is 0 Å². The molecule has 0 radical (unpaired) electrons. The molecule has 0 saturated heterocycles. The number of nitrogens with zero attached hydrogens (tertiary/aromatic N) is 2. The molecular weight excluding hydrogens is 372 g/mol. The van der Waals surface area contributed by atoms with E-state index in [1.54, 1.807) is 0 Å². The number of hydrogen-bond acceptors (Lipinski definition) is 2. The van der Waals surface area contributed by atoms with Crippen LogP contribution < -0.4 is 0 Å². The summed E-state index contributed by atoms with van der Waals surface area (Å²) in [7, 11) is 0. The topological polar surface area (TPSA) is 25.8 Å². The maximum Gasteiger partial charge on any atom is 0.106 e. The van der Waals surface area contributed by atoms with Crippen molar-refractivity contribution in [3.63, 3.8) is 0 Å². The minimum absolute atomic E-state index is 0.823. The smallest absolute Gasteiger partial charge is 0.106 e. The van der Waals surface area contributed by atoms with Crippen molar-refractivity contribution < 1.29 is 0 Å². The van der Waals surface area contributed by atoms with Crippen LogP contribution in [0.2, 0.25) is 0 Å². The molecule has 5 rings (SSSR count). The fourth-order valence-corrected chi connectivity index (χ4v) is 3.74. The molecule has 3 heteroatoms. The Morgan fingerprint density at radius 1 is 0.600 bits per heavy atom. The predicted molar refractivity (Wildman–Crippen MR) is 108 cm³/mol. The Kier molecular flexibility index (Phi) is 3.28. The third-order valence-corrected chi connectivity index (χ3v) is 4.98. The van der Waals surface area contributed by atoms with Gasteiger partial charge in [-0.05, 0) is 33.6 Å². The Balaban J connectivity index is 2.04. The van der Waals surface area contributed by atoms with E-state index in [0.29, 0.717) is 0 Å². The third-order valence-electron chi connectivity index (χ3n) is 4.54. The highest BCUT2D eigenvalue weighted by Gasteiger charge is 2.13. The van der Waals surface area contributed by atoms with Crippen LogP contribution in [0.15, 0.2) is 83.5 Å². The van der Waals surface area contributed by atoms with Gasteiger partial charge in [0, 0.05) is 21.7 Å². The van der Waals surface area contributed by atoms with Crippen LogP contribution in [0, 0.1) is 0 Å². The first-order valence-electron chi connectivity index (χ1n) is 8.14. The van der Waals surface area contributed by atoms with Gasteiger partial charge in [0.2, 0.25) is 0 Å². The Bertz CT molecular complexity index is 1250. The lowest BCUT2D eigenvalue weighted by Gasteiger charge is -2.12. The molecule has 0 aliphatic carbocycles. The molecule has 0 atom stereocenters. The van der Waals surface area contributed by atoms with Gasteiger partial charge < -0.3 is 0 Å². The molecule has 0 saturated carbocycles. The van der Waals surface area contributed by atoms with Crippen LogP contribution in [0.1, 0.15) is 0 Å². The summed E-state index contributed by atoms with van der Waals surface area (Å²) in [6.45, 7) is 0. The molecule has 0 amide bonds. The average molecular weight is 385 g/mol. The zero-order valence-electron chi connectivity index (χ0n) is 13.3. The summed E-state index contributed by atoms with van der Waals surface area (Å²) in [6, 6.07) is 27.1. The normalized spacial score (nSPS) is 11.4. The fraction of sp³-hybridized carbons (Fsp3) is 0. The highest BCUT2D eigenvalue weighted by atomic mass is 79.9. The average Bonchev–Trinajstić information content (AvgIpc) is 2.67. The van der Waals surface area contributed by atoms with E-state index < -0.39 is 0 Å². The highest BCUT2D eigenvalue weighted by Crippen LogP contribution is 2.37. The Morgan fingerprint density at radius 2 is 1.36 bits per heavy atom. The SMILES string of the molecule is Brc1ccc2ccc3c(-c4ccccc4)c4ccccc4nc3c2n1. The van der Waals surface area contributed by atoms with E-state index in [-0.39, 0.29) is 0 Å². The van der Waals surface area contributed by atoms with Gasteiger partial charge in [-0.15, -0.1) is 0 Å². The van der Waals surface area contributed by atoms with Gasteiger partial charge in [-0.1, -0.05) is 66.7 Å². The molecule has 0 N–H and O–H groups in total. The number of fused-ring (bicyclic) bond motifs is 4. The summed E-state index contributed by atoms with van der Waals surface area (Å²) in [5.74, 6) is 0. The van der Waals surface area contributed by atoms with Gasteiger partial charge in [0.15, 0.2) is 0 Å². The summed E-state index contributed by atoms with van der Waals surface area (Å²) < 4.78 is 0.823. The van der Waals surface area contributed by atoms with Crippen LogP contribution in [0.4, 0.5) is 0 Å². The molecule has 0 bridgehead atoms. The van der Waals surface area contributed by atoms with E-state index in [9.17, 15) is 0 Å². The van der Waals surface area contributed by atoms with E-state index in [1.807, 2.05) is 18.2 Å². The van der Waals surface area contributed by atoms with E-state index in [4.69, 9.17) is 9.97 Å². The Labute approximate surface area is 153 Å². The van der Waals surface area contributed by atoms with Crippen LogP contribution in [0.3, 0.4) is 0 Å². The van der Waals surface area contributed by atoms with Crippen molar-refractivity contribution >= 4 is 48.6 Å². The maximum atomic E-state index is 4.95. The summed E-state index contributed by atoms with van der Waals surface area (Å²) in [5, 5.41) is 3.39. The first-order chi connectivity index (χ1) is 12.3. The van der Waals surface area contributed by atoms with Crippen LogP contribution in [-0.4, -0.2) is 9.97 Å². The molecule has 2 aromatic heterocycles. The fourth-order valence-electron chi connectivity index (χ4n) is 3.43. The van der Waals surface area contributed by atoms with Crippen LogP contribution in [0.25, 0.3) is 43.8 Å². The largest absolute Gasteiger partial charge is 0.245 e. The minimum Gasteiger partial charge on any atom is -0.245 e. The molecule has 0 unspecified atom stereocenters. The molecule has 0 spiro atoms. The number of halogens is 1. The zero-order valence-corrected chi connectivity index (χ0v) is 14.9. The molecule has 118 valence electrons. The van der Waals surface area contributed by atoms with Gasteiger partial charge in [0.1, 0.15) is 4.60 Å². The van der Waals surface area contributed by atoms with Gasteiger partial charge in [-0.2, -0.15) is 0 Å². The van der Waals surface area contributed by atoms with Crippen molar-refractivity contribution in [2.75, 3.05) is 0 Å². The van der Waals surface area contributed by atoms with Crippen LogP contribution in [-0.2, 0) is 0 Å². The molecular formula is C22H13BrN2. The Hall–Kier alpha value is -2.78. The molecule has 2 heterocycles. The Morgan fingerprint density at radius 3 is 2.24 bits per heavy atom. The first-order valence-corrected chi connectivity index (χ1v) is 8.94. The van der Waals surface area contributed by atoms with E-state index in [1.165, 1.54) is 11.1 Å². The first kappa shape index (κ1) is 14.6. The van der Waals surface area contributed by atoms with Crippen LogP contribution >= 0.6 is 15.9 Å². The predicted octanol–water partition coefficient (Wildman–Crippen LogP) is 6.37. The van der Waals surface area contributed by atoms with Gasteiger partial charge in [-0.3, -0.25) is 0 Å². The van der Waals surface area contributed by atoms with Crippen molar-refractivity contribution in [2.45, 2.75) is 0 Å². The van der Waals surface area contributed by atoms with Gasteiger partial charge in [0.25, 0.3) is 0 Å². The summed E-state index contributed by atoms with van der Waals surface area (Å²) in [4.78, 5) is 9.65. The lowest BCUT2D eigenvalue weighted by molar-refractivity contribution is 1.35. The lowest BCUT2D eigenvalue weighted by Crippen LogP contribution is -1.91. The number of pyridine rings is 2. The van der Waals surface area contributed by atoms with Crippen molar-refractivity contribution in [2.24, 2.45) is 0 Å². The number of aromatic nitrogens is 2. The van der Waals surface area contributed by atoms with Crippen molar-refractivity contribution in [1.29, 1.82) is 0 Å². The molecule has 0 fully saturated rings. The molecule has 3 aromatic carbocycles. The second-order valence-corrected chi connectivity index (χ2v) is 6.85. The van der Waals surface area contributed by atoms with Gasteiger partial charge in [0.05, 0.1) is 16.6 Å². The highest BCUT2D eigenvalue weighted by molar-refractivity contribution is 9.10. The standard InChI is InChI=1S/C22H13BrN2/c23-19-13-11-15-10-12-17-20(14-6-2-1-3-7-14)16-8-4-5-9-18(16)24-22(17)21(15)25-19/h1-13H. The maximum absolute atomic E-state index is 4.95.